The quantitative estimate of drug-likeness (QED) is 0.781. The lowest BCUT2D eigenvalue weighted by atomic mass is 9.97. The maximum Gasteiger partial charge on any atom is 0.306 e. The molecule has 2 rings (SSSR count). The van der Waals surface area contributed by atoms with Crippen LogP contribution in [0, 0.1) is 5.92 Å². The fraction of sp³-hybridized carbons (Fsp3) is 0.500. The zero-order chi connectivity index (χ0) is 20.7. The fourth-order valence-electron chi connectivity index (χ4n) is 3.21. The third-order valence-electron chi connectivity index (χ3n) is 5.20. The Labute approximate surface area is 166 Å². The van der Waals surface area contributed by atoms with Crippen LogP contribution in [0.4, 0.5) is 0 Å². The van der Waals surface area contributed by atoms with Gasteiger partial charge in [-0.1, -0.05) is 50.3 Å². The Balaban J connectivity index is 1.77. The van der Waals surface area contributed by atoms with Gasteiger partial charge in [-0.25, -0.2) is 0 Å². The molecule has 0 bridgehead atoms. The molecule has 0 unspecified atom stereocenters. The maximum atomic E-state index is 12.3. The second kappa shape index (κ2) is 10.1. The fourth-order valence-corrected chi connectivity index (χ4v) is 3.21. The van der Waals surface area contributed by atoms with Gasteiger partial charge in [0.15, 0.2) is 0 Å². The summed E-state index contributed by atoms with van der Waals surface area (Å²) in [6, 6.07) is 8.24. The van der Waals surface area contributed by atoms with E-state index in [2.05, 4.69) is 26.0 Å². The minimum Gasteiger partial charge on any atom is -0.481 e. The summed E-state index contributed by atoms with van der Waals surface area (Å²) >= 11 is 0. The average Bonchev–Trinajstić information content (AvgIpc) is 2.68. The van der Waals surface area contributed by atoms with E-state index in [0.717, 1.165) is 5.56 Å². The minimum absolute atomic E-state index is 0.0213. The minimum atomic E-state index is -0.801. The number of hydrogen-bond donors (Lipinski definition) is 1. The molecule has 6 nitrogen and oxygen atoms in total. The molecule has 0 aliphatic carbocycles. The molecule has 0 spiro atoms. The lowest BCUT2D eigenvalue weighted by Gasteiger charge is -2.31. The molecule has 1 aromatic rings. The molecule has 1 aromatic carbocycles. The number of carboxylic acid groups (broad SMARTS) is 1. The number of carboxylic acids is 1. The predicted molar refractivity (Wildman–Crippen MR) is 109 cm³/mol. The van der Waals surface area contributed by atoms with Gasteiger partial charge in [-0.2, -0.15) is 0 Å². The molecule has 0 radical (unpaired) electrons. The Bertz CT molecular complexity index is 717. The van der Waals surface area contributed by atoms with Crippen molar-refractivity contribution in [2.45, 2.75) is 39.0 Å². The molecule has 1 saturated heterocycles. The van der Waals surface area contributed by atoms with E-state index in [0.29, 0.717) is 31.8 Å². The zero-order valence-corrected chi connectivity index (χ0v) is 16.9. The van der Waals surface area contributed by atoms with Gasteiger partial charge in [-0.15, -0.1) is 0 Å². The second-order valence-electron chi connectivity index (χ2n) is 7.67. The van der Waals surface area contributed by atoms with Crippen LogP contribution < -0.4 is 0 Å². The molecule has 1 aliphatic rings. The van der Waals surface area contributed by atoms with Crippen molar-refractivity contribution in [2.75, 3.05) is 26.7 Å². The molecule has 152 valence electrons. The Hall–Kier alpha value is -2.63. The molecule has 1 N–H and O–H groups in total. The van der Waals surface area contributed by atoms with Crippen molar-refractivity contribution in [3.05, 3.63) is 41.5 Å². The van der Waals surface area contributed by atoms with E-state index in [1.54, 1.807) is 11.9 Å². The van der Waals surface area contributed by atoms with Gasteiger partial charge in [0.05, 0.1) is 12.5 Å². The highest BCUT2D eigenvalue weighted by molar-refractivity contribution is 5.85. The summed E-state index contributed by atoms with van der Waals surface area (Å²) in [6.07, 6.45) is 4.89. The number of aliphatic carboxylic acids is 1. The van der Waals surface area contributed by atoms with Crippen LogP contribution in [0.1, 0.15) is 50.2 Å². The van der Waals surface area contributed by atoms with Crippen LogP contribution in [0.2, 0.25) is 0 Å². The maximum absolute atomic E-state index is 12.3. The molecule has 1 fully saturated rings. The van der Waals surface area contributed by atoms with Gasteiger partial charge in [0, 0.05) is 26.6 Å². The molecule has 1 aliphatic heterocycles. The van der Waals surface area contributed by atoms with E-state index in [9.17, 15) is 14.4 Å². The molecule has 0 saturated carbocycles. The van der Waals surface area contributed by atoms with Gasteiger partial charge in [0.1, 0.15) is 0 Å². The average molecular weight is 386 g/mol. The standard InChI is InChI=1S/C22H30N2O4/c1-16(2)18-9-7-17(8-10-18)5-4-6-20(25)23(3)15-21(26)24-13-11-19(12-14-24)22(27)28/h4-5,7-10,16,19H,6,11-15H2,1-3H3,(H,27,28)/b5-4+. The first-order valence-corrected chi connectivity index (χ1v) is 9.79. The molecular weight excluding hydrogens is 356 g/mol. The van der Waals surface area contributed by atoms with Gasteiger partial charge in [0.2, 0.25) is 11.8 Å². The summed E-state index contributed by atoms with van der Waals surface area (Å²) in [4.78, 5) is 38.7. The van der Waals surface area contributed by atoms with Crippen molar-refractivity contribution in [1.29, 1.82) is 0 Å². The lowest BCUT2D eigenvalue weighted by molar-refractivity contribution is -0.146. The number of likely N-dealkylation sites (N-methyl/N-ethyl adjacent to an activating group) is 1. The van der Waals surface area contributed by atoms with Crippen LogP contribution in [0.5, 0.6) is 0 Å². The first-order chi connectivity index (χ1) is 13.3. The van der Waals surface area contributed by atoms with Crippen molar-refractivity contribution in [1.82, 2.24) is 9.80 Å². The van der Waals surface area contributed by atoms with Crippen molar-refractivity contribution in [2.24, 2.45) is 5.92 Å². The molecule has 0 aromatic heterocycles. The smallest absolute Gasteiger partial charge is 0.306 e. The predicted octanol–water partition coefficient (Wildman–Crippen LogP) is 2.99. The van der Waals surface area contributed by atoms with E-state index < -0.39 is 5.97 Å². The van der Waals surface area contributed by atoms with Crippen LogP contribution in [0.3, 0.4) is 0 Å². The van der Waals surface area contributed by atoms with Crippen LogP contribution in [0.25, 0.3) is 6.08 Å². The lowest BCUT2D eigenvalue weighted by Crippen LogP contribution is -2.45. The van der Waals surface area contributed by atoms with Crippen LogP contribution in [0.15, 0.2) is 30.3 Å². The third kappa shape index (κ3) is 6.22. The monoisotopic (exact) mass is 386 g/mol. The van der Waals surface area contributed by atoms with E-state index >= 15 is 0 Å². The molecule has 1 heterocycles. The Morgan fingerprint density at radius 1 is 1.18 bits per heavy atom. The zero-order valence-electron chi connectivity index (χ0n) is 16.9. The summed E-state index contributed by atoms with van der Waals surface area (Å²) in [5, 5.41) is 9.02. The molecule has 0 atom stereocenters. The molecule has 6 heteroatoms. The number of likely N-dealkylation sites (tertiary alicyclic amines) is 1. The topological polar surface area (TPSA) is 77.9 Å². The van der Waals surface area contributed by atoms with Crippen molar-refractivity contribution < 1.29 is 19.5 Å². The van der Waals surface area contributed by atoms with Gasteiger partial charge in [-0.05, 0) is 29.9 Å². The van der Waals surface area contributed by atoms with Gasteiger partial charge >= 0.3 is 5.97 Å². The molecule has 2 amide bonds. The highest BCUT2D eigenvalue weighted by Crippen LogP contribution is 2.18. The highest BCUT2D eigenvalue weighted by atomic mass is 16.4. The second-order valence-corrected chi connectivity index (χ2v) is 7.67. The van der Waals surface area contributed by atoms with E-state index in [-0.39, 0.29) is 30.7 Å². The highest BCUT2D eigenvalue weighted by Gasteiger charge is 2.27. The Kier molecular flexibility index (Phi) is 7.79. The van der Waals surface area contributed by atoms with Crippen LogP contribution in [-0.2, 0) is 14.4 Å². The summed E-state index contributed by atoms with van der Waals surface area (Å²) in [6.45, 7) is 5.19. The molecular formula is C22H30N2O4. The number of rotatable bonds is 7. The van der Waals surface area contributed by atoms with Gasteiger partial charge in [-0.3, -0.25) is 14.4 Å². The first kappa shape index (κ1) is 21.7. The summed E-state index contributed by atoms with van der Waals surface area (Å²) in [7, 11) is 1.62. The Morgan fingerprint density at radius 2 is 1.79 bits per heavy atom. The number of carbonyl (C=O) groups is 3. The first-order valence-electron chi connectivity index (χ1n) is 9.79. The number of amides is 2. The SMILES string of the molecule is CC(C)c1ccc(/C=C/CC(=O)N(C)CC(=O)N2CCC(C(=O)O)CC2)cc1. The number of benzene rings is 1. The number of piperidine rings is 1. The van der Waals surface area contributed by atoms with Gasteiger partial charge in [0.25, 0.3) is 0 Å². The van der Waals surface area contributed by atoms with Crippen LogP contribution in [-0.4, -0.2) is 59.4 Å². The van der Waals surface area contributed by atoms with Crippen molar-refractivity contribution in [3.8, 4) is 0 Å². The van der Waals surface area contributed by atoms with Crippen LogP contribution >= 0.6 is 0 Å². The van der Waals surface area contributed by atoms with E-state index in [1.165, 1.54) is 10.5 Å². The number of carbonyl (C=O) groups excluding carboxylic acids is 2. The molecule has 28 heavy (non-hydrogen) atoms. The van der Waals surface area contributed by atoms with E-state index in [4.69, 9.17) is 5.11 Å². The Morgan fingerprint density at radius 3 is 2.32 bits per heavy atom. The summed E-state index contributed by atoms with van der Waals surface area (Å²) < 4.78 is 0. The van der Waals surface area contributed by atoms with E-state index in [1.807, 2.05) is 24.3 Å². The number of nitrogens with zero attached hydrogens (tertiary/aromatic N) is 2. The normalized spacial score (nSPS) is 15.2. The summed E-state index contributed by atoms with van der Waals surface area (Å²) in [5.41, 5.74) is 2.32. The largest absolute Gasteiger partial charge is 0.481 e. The van der Waals surface area contributed by atoms with Crippen molar-refractivity contribution >= 4 is 23.9 Å². The number of hydrogen-bond acceptors (Lipinski definition) is 3. The summed E-state index contributed by atoms with van der Waals surface area (Å²) in [5.74, 6) is -0.939. The van der Waals surface area contributed by atoms with Gasteiger partial charge < -0.3 is 14.9 Å². The van der Waals surface area contributed by atoms with Crippen molar-refractivity contribution in [3.63, 3.8) is 0 Å². The third-order valence-corrected chi connectivity index (χ3v) is 5.20.